The first-order valence-corrected chi connectivity index (χ1v) is 16.4. The molecular formula is C24H36BrNO3S2Si. The highest BCUT2D eigenvalue weighted by molar-refractivity contribution is 9.10. The average molecular weight is 559 g/mol. The Morgan fingerprint density at radius 1 is 1.34 bits per heavy atom. The van der Waals surface area contributed by atoms with E-state index in [1.54, 1.807) is 18.7 Å². The number of fused-ring (bicyclic) bond motifs is 1. The van der Waals surface area contributed by atoms with Gasteiger partial charge in [-0.15, -0.1) is 0 Å². The van der Waals surface area contributed by atoms with E-state index < -0.39 is 8.32 Å². The van der Waals surface area contributed by atoms with Crippen LogP contribution in [0.3, 0.4) is 0 Å². The number of ether oxygens (including phenoxy) is 1. The Balaban J connectivity index is 1.92. The highest BCUT2D eigenvalue weighted by Crippen LogP contribution is 2.60. The number of rotatable bonds is 6. The van der Waals surface area contributed by atoms with E-state index in [4.69, 9.17) is 21.4 Å². The maximum atomic E-state index is 12.5. The molecular weight excluding hydrogens is 522 g/mol. The third-order valence-electron chi connectivity index (χ3n) is 7.18. The first-order valence-electron chi connectivity index (χ1n) is 11.5. The fraction of sp³-hybridized carbons (Fsp3) is 0.667. The van der Waals surface area contributed by atoms with Gasteiger partial charge in [0, 0.05) is 30.3 Å². The van der Waals surface area contributed by atoms with Crippen LogP contribution >= 0.6 is 39.9 Å². The Bertz CT molecular complexity index is 838. The van der Waals surface area contributed by atoms with Gasteiger partial charge in [0.05, 0.1) is 16.7 Å². The van der Waals surface area contributed by atoms with Crippen molar-refractivity contribution in [1.29, 1.82) is 0 Å². The number of amides is 1. The van der Waals surface area contributed by atoms with Gasteiger partial charge >= 0.3 is 0 Å². The van der Waals surface area contributed by atoms with Crippen molar-refractivity contribution in [3.05, 3.63) is 30.3 Å². The number of hydrogen-bond acceptors (Lipinski definition) is 5. The molecule has 0 bridgehead atoms. The molecule has 1 aromatic carbocycles. The van der Waals surface area contributed by atoms with Gasteiger partial charge in [-0.2, -0.15) is 0 Å². The van der Waals surface area contributed by atoms with E-state index >= 15 is 0 Å². The third kappa shape index (κ3) is 5.14. The molecule has 2 fully saturated rings. The van der Waals surface area contributed by atoms with Crippen molar-refractivity contribution in [2.75, 3.05) is 18.1 Å². The van der Waals surface area contributed by atoms with Gasteiger partial charge in [-0.25, -0.2) is 0 Å². The smallest absolute Gasteiger partial charge is 0.223 e. The molecule has 1 aliphatic heterocycles. The molecule has 178 valence electrons. The van der Waals surface area contributed by atoms with Crippen molar-refractivity contribution in [3.8, 4) is 0 Å². The Kier molecular flexibility index (Phi) is 8.24. The molecule has 8 heteroatoms. The van der Waals surface area contributed by atoms with E-state index in [1.165, 1.54) is 0 Å². The largest absolute Gasteiger partial charge is 0.479 e. The SMILES string of the molecule is CCOC(=S)S[C@@H]1[C@@H]2[C@H](CCC1(C)C)O[Si](C)(C)[C@@]2(Br)CCN(C(C)=O)c1ccccc1. The third-order valence-corrected chi connectivity index (χ3v) is 16.3. The Morgan fingerprint density at radius 3 is 2.59 bits per heavy atom. The van der Waals surface area contributed by atoms with Crippen LogP contribution in [0.1, 0.15) is 47.0 Å². The number of carbonyl (C=O) groups excluding carboxylic acids is 1. The highest BCUT2D eigenvalue weighted by Gasteiger charge is 2.66. The molecule has 3 rings (SSSR count). The average Bonchev–Trinajstić information content (AvgIpc) is 2.91. The van der Waals surface area contributed by atoms with Crippen LogP contribution in [0, 0.1) is 11.3 Å². The standard InChI is InChI=1S/C24H36BrNO3S2Si/c1-7-28-22(30)31-21-20-19(13-14-23(21,3)4)29-32(5,6)24(20,25)15-16-26(17(2)27)18-11-9-8-10-12-18/h8-12,19-21H,7,13-16H2,1-6H3/t19-,20-,21+,24-/m0/s1. The zero-order valence-corrected chi connectivity index (χ0v) is 24.2. The van der Waals surface area contributed by atoms with Crippen molar-refractivity contribution in [3.63, 3.8) is 0 Å². The quantitative estimate of drug-likeness (QED) is 0.225. The molecule has 32 heavy (non-hydrogen) atoms. The lowest BCUT2D eigenvalue weighted by molar-refractivity contribution is -0.116. The number of anilines is 1. The van der Waals surface area contributed by atoms with E-state index in [1.807, 2.05) is 42.2 Å². The summed E-state index contributed by atoms with van der Waals surface area (Å²) >= 11 is 11.6. The van der Waals surface area contributed by atoms with Crippen molar-refractivity contribution in [1.82, 2.24) is 0 Å². The number of halogens is 1. The normalized spacial score (nSPS) is 30.4. The number of para-hydroxylation sites is 1. The molecule has 0 unspecified atom stereocenters. The molecule has 0 spiro atoms. The summed E-state index contributed by atoms with van der Waals surface area (Å²) in [6.07, 6.45) is 3.23. The predicted molar refractivity (Wildman–Crippen MR) is 145 cm³/mol. The Hall–Kier alpha value is -0.413. The van der Waals surface area contributed by atoms with E-state index in [9.17, 15) is 4.79 Å². The Morgan fingerprint density at radius 2 is 2.00 bits per heavy atom. The van der Waals surface area contributed by atoms with Crippen molar-refractivity contribution in [2.45, 2.75) is 75.4 Å². The summed E-state index contributed by atoms with van der Waals surface area (Å²) in [7, 11) is -2.12. The van der Waals surface area contributed by atoms with Gasteiger partial charge in [0.25, 0.3) is 0 Å². The molecule has 1 heterocycles. The fourth-order valence-electron chi connectivity index (χ4n) is 5.37. The molecule has 2 aliphatic rings. The van der Waals surface area contributed by atoms with Gasteiger partial charge in [-0.1, -0.05) is 59.7 Å². The minimum absolute atomic E-state index is 0.0645. The van der Waals surface area contributed by atoms with Crippen LogP contribution in [-0.2, 0) is 14.0 Å². The van der Waals surface area contributed by atoms with Gasteiger partial charge < -0.3 is 14.1 Å². The summed E-state index contributed by atoms with van der Waals surface area (Å²) in [6.45, 7) is 14.2. The van der Waals surface area contributed by atoms with E-state index in [0.717, 1.165) is 24.9 Å². The van der Waals surface area contributed by atoms with Gasteiger partial charge in [0.15, 0.2) is 0 Å². The maximum Gasteiger partial charge on any atom is 0.223 e. The van der Waals surface area contributed by atoms with Crippen LogP contribution < -0.4 is 4.90 Å². The predicted octanol–water partition coefficient (Wildman–Crippen LogP) is 6.57. The lowest BCUT2D eigenvalue weighted by Gasteiger charge is -2.49. The van der Waals surface area contributed by atoms with Crippen LogP contribution in [-0.4, -0.2) is 47.1 Å². The van der Waals surface area contributed by atoms with Gasteiger partial charge in [0.1, 0.15) is 0 Å². The molecule has 0 N–H and O–H groups in total. The second-order valence-electron chi connectivity index (χ2n) is 10.1. The molecule has 1 saturated heterocycles. The summed E-state index contributed by atoms with van der Waals surface area (Å²) in [4.78, 5) is 14.4. The van der Waals surface area contributed by atoms with E-state index in [0.29, 0.717) is 23.5 Å². The van der Waals surface area contributed by atoms with Crippen molar-refractivity contribution >= 4 is 64.2 Å². The van der Waals surface area contributed by atoms with Crippen LogP contribution in [0.25, 0.3) is 0 Å². The topological polar surface area (TPSA) is 38.8 Å². The highest BCUT2D eigenvalue weighted by atomic mass is 79.9. The first-order chi connectivity index (χ1) is 14.9. The molecule has 0 aromatic heterocycles. The second-order valence-corrected chi connectivity index (χ2v) is 18.1. The van der Waals surface area contributed by atoms with E-state index in [-0.39, 0.29) is 26.6 Å². The molecule has 1 aliphatic carbocycles. The number of thiocarbonyl (C=S) groups is 1. The van der Waals surface area contributed by atoms with Crippen molar-refractivity contribution < 1.29 is 14.0 Å². The van der Waals surface area contributed by atoms with Crippen molar-refractivity contribution in [2.24, 2.45) is 11.3 Å². The summed E-state index contributed by atoms with van der Waals surface area (Å²) in [5, 5.41) is 0.288. The summed E-state index contributed by atoms with van der Waals surface area (Å²) in [5.41, 5.74) is 1.06. The monoisotopic (exact) mass is 557 g/mol. The first kappa shape index (κ1) is 26.2. The summed E-state index contributed by atoms with van der Waals surface area (Å²) in [5.74, 6) is 0.371. The van der Waals surface area contributed by atoms with Gasteiger partial charge in [-0.05, 0) is 69.0 Å². The molecule has 4 atom stereocenters. The van der Waals surface area contributed by atoms with E-state index in [2.05, 4.69) is 42.9 Å². The van der Waals surface area contributed by atoms with Crippen LogP contribution in [0.4, 0.5) is 5.69 Å². The Labute approximate surface area is 212 Å². The lowest BCUT2D eigenvalue weighted by atomic mass is 9.68. The zero-order chi connectivity index (χ0) is 23.7. The minimum Gasteiger partial charge on any atom is -0.479 e. The number of hydrogen-bond donors (Lipinski definition) is 0. The maximum absolute atomic E-state index is 12.5. The molecule has 1 amide bonds. The summed E-state index contributed by atoms with van der Waals surface area (Å²) in [6, 6.07) is 9.94. The molecule has 4 nitrogen and oxygen atoms in total. The van der Waals surface area contributed by atoms with Gasteiger partial charge in [-0.3, -0.25) is 4.79 Å². The number of carbonyl (C=O) groups is 1. The number of benzene rings is 1. The fourth-order valence-corrected chi connectivity index (χ4v) is 11.6. The lowest BCUT2D eigenvalue weighted by Crippen LogP contribution is -2.57. The van der Waals surface area contributed by atoms with Crippen LogP contribution in [0.2, 0.25) is 13.1 Å². The minimum atomic E-state index is -2.12. The number of alkyl halides is 1. The number of thioether (sulfide) groups is 1. The van der Waals surface area contributed by atoms with Gasteiger partial charge in [0.2, 0.25) is 18.6 Å². The van der Waals surface area contributed by atoms with Crippen LogP contribution in [0.15, 0.2) is 30.3 Å². The molecule has 0 radical (unpaired) electrons. The van der Waals surface area contributed by atoms with Crippen LogP contribution in [0.5, 0.6) is 0 Å². The second kappa shape index (κ2) is 10.1. The zero-order valence-electron chi connectivity index (χ0n) is 20.0. The number of nitrogens with zero attached hydrogens (tertiary/aromatic N) is 1. The summed E-state index contributed by atoms with van der Waals surface area (Å²) < 4.78 is 13.0. The molecule has 1 saturated carbocycles. The molecule has 1 aromatic rings.